The van der Waals surface area contributed by atoms with E-state index in [9.17, 15) is 4.79 Å². The van der Waals surface area contributed by atoms with Gasteiger partial charge in [-0.05, 0) is 36.5 Å². The fourth-order valence-electron chi connectivity index (χ4n) is 2.34. The van der Waals surface area contributed by atoms with E-state index in [1.54, 1.807) is 11.3 Å². The molecule has 1 aliphatic carbocycles. The van der Waals surface area contributed by atoms with E-state index in [2.05, 4.69) is 23.2 Å². The molecule has 0 bridgehead atoms. The fourth-order valence-corrected chi connectivity index (χ4v) is 3.09. The number of aromatic nitrogens is 1. The summed E-state index contributed by atoms with van der Waals surface area (Å²) in [5, 5.41) is 2.94. The second-order valence-corrected chi connectivity index (χ2v) is 5.28. The highest BCUT2D eigenvalue weighted by atomic mass is 32.1. The molecule has 17 heavy (non-hydrogen) atoms. The SMILES string of the molecule is O=CCc1nc(-c2ccc3c(c2)CCC3)cs1. The summed E-state index contributed by atoms with van der Waals surface area (Å²) in [5.41, 5.74) is 5.13. The van der Waals surface area contributed by atoms with Crippen LogP contribution in [0.4, 0.5) is 0 Å². The van der Waals surface area contributed by atoms with Gasteiger partial charge >= 0.3 is 0 Å². The third kappa shape index (κ3) is 2.03. The van der Waals surface area contributed by atoms with Gasteiger partial charge in [0.1, 0.15) is 11.3 Å². The topological polar surface area (TPSA) is 30.0 Å². The minimum Gasteiger partial charge on any atom is -0.303 e. The van der Waals surface area contributed by atoms with Crippen LogP contribution < -0.4 is 0 Å². The molecule has 86 valence electrons. The number of thiazole rings is 1. The zero-order chi connectivity index (χ0) is 11.7. The highest BCUT2D eigenvalue weighted by molar-refractivity contribution is 7.10. The van der Waals surface area contributed by atoms with Gasteiger partial charge in [-0.15, -0.1) is 11.3 Å². The van der Waals surface area contributed by atoms with Crippen LogP contribution in [0, 0.1) is 0 Å². The van der Waals surface area contributed by atoms with Crippen molar-refractivity contribution in [2.75, 3.05) is 0 Å². The van der Waals surface area contributed by atoms with Crippen LogP contribution >= 0.6 is 11.3 Å². The van der Waals surface area contributed by atoms with Crippen molar-refractivity contribution in [3.63, 3.8) is 0 Å². The Labute approximate surface area is 104 Å². The van der Waals surface area contributed by atoms with Gasteiger partial charge in [-0.25, -0.2) is 4.98 Å². The largest absolute Gasteiger partial charge is 0.303 e. The Morgan fingerprint density at radius 2 is 2.18 bits per heavy atom. The van der Waals surface area contributed by atoms with Crippen molar-refractivity contribution in [3.05, 3.63) is 39.7 Å². The summed E-state index contributed by atoms with van der Waals surface area (Å²) in [6.07, 6.45) is 5.00. The molecule has 2 aromatic rings. The Hall–Kier alpha value is -1.48. The molecule has 0 amide bonds. The lowest BCUT2D eigenvalue weighted by atomic mass is 10.1. The van der Waals surface area contributed by atoms with Gasteiger partial charge in [0.15, 0.2) is 0 Å². The molecule has 2 nitrogen and oxygen atoms in total. The van der Waals surface area contributed by atoms with Crippen molar-refractivity contribution in [2.45, 2.75) is 25.7 Å². The maximum atomic E-state index is 10.4. The predicted octanol–water partition coefficient (Wildman–Crippen LogP) is 3.04. The molecule has 0 fully saturated rings. The van der Waals surface area contributed by atoms with E-state index in [4.69, 9.17) is 0 Å². The summed E-state index contributed by atoms with van der Waals surface area (Å²) in [4.78, 5) is 14.9. The van der Waals surface area contributed by atoms with E-state index in [-0.39, 0.29) is 0 Å². The maximum absolute atomic E-state index is 10.4. The number of hydrogen-bond donors (Lipinski definition) is 0. The van der Waals surface area contributed by atoms with Crippen molar-refractivity contribution in [2.24, 2.45) is 0 Å². The number of hydrogen-bond acceptors (Lipinski definition) is 3. The van der Waals surface area contributed by atoms with Crippen molar-refractivity contribution >= 4 is 17.6 Å². The lowest BCUT2D eigenvalue weighted by Gasteiger charge is -2.01. The van der Waals surface area contributed by atoms with Gasteiger partial charge in [-0.1, -0.05) is 12.1 Å². The van der Waals surface area contributed by atoms with Gasteiger partial charge < -0.3 is 4.79 Å². The molecule has 1 heterocycles. The van der Waals surface area contributed by atoms with E-state index in [0.717, 1.165) is 17.0 Å². The highest BCUT2D eigenvalue weighted by Crippen LogP contribution is 2.28. The van der Waals surface area contributed by atoms with E-state index in [1.165, 1.54) is 36.0 Å². The van der Waals surface area contributed by atoms with Gasteiger partial charge in [-0.3, -0.25) is 0 Å². The number of rotatable bonds is 3. The van der Waals surface area contributed by atoms with Crippen LogP contribution in [0.2, 0.25) is 0 Å². The van der Waals surface area contributed by atoms with E-state index in [1.807, 2.05) is 5.38 Å². The van der Waals surface area contributed by atoms with Gasteiger partial charge in [0.25, 0.3) is 0 Å². The van der Waals surface area contributed by atoms with E-state index < -0.39 is 0 Å². The smallest absolute Gasteiger partial charge is 0.126 e. The lowest BCUT2D eigenvalue weighted by molar-refractivity contribution is -0.107. The quantitative estimate of drug-likeness (QED) is 0.776. The number of aldehydes is 1. The average Bonchev–Trinajstić information content (AvgIpc) is 2.96. The molecule has 1 aromatic heterocycles. The van der Waals surface area contributed by atoms with Crippen LogP contribution in [0.5, 0.6) is 0 Å². The second-order valence-electron chi connectivity index (χ2n) is 4.33. The van der Waals surface area contributed by atoms with Gasteiger partial charge in [-0.2, -0.15) is 0 Å². The molecule has 3 heteroatoms. The molecule has 0 atom stereocenters. The molecule has 0 spiro atoms. The van der Waals surface area contributed by atoms with Gasteiger partial charge in [0.2, 0.25) is 0 Å². The fraction of sp³-hybridized carbons (Fsp3) is 0.286. The maximum Gasteiger partial charge on any atom is 0.126 e. The summed E-state index contributed by atoms with van der Waals surface area (Å²) >= 11 is 1.56. The van der Waals surface area contributed by atoms with Crippen LogP contribution in [0.1, 0.15) is 22.6 Å². The molecule has 3 rings (SSSR count). The molecular weight excluding hydrogens is 230 g/mol. The normalized spacial score (nSPS) is 13.6. The van der Waals surface area contributed by atoms with Crippen molar-refractivity contribution in [1.29, 1.82) is 0 Å². The van der Waals surface area contributed by atoms with E-state index in [0.29, 0.717) is 6.42 Å². The van der Waals surface area contributed by atoms with Crippen molar-refractivity contribution in [3.8, 4) is 11.3 Å². The molecule has 1 aliphatic rings. The lowest BCUT2D eigenvalue weighted by Crippen LogP contribution is -1.87. The zero-order valence-corrected chi connectivity index (χ0v) is 10.3. The monoisotopic (exact) mass is 243 g/mol. The average molecular weight is 243 g/mol. The molecule has 0 saturated carbocycles. The van der Waals surface area contributed by atoms with Crippen LogP contribution in [-0.4, -0.2) is 11.3 Å². The number of benzene rings is 1. The van der Waals surface area contributed by atoms with Crippen molar-refractivity contribution in [1.82, 2.24) is 4.98 Å². The standard InChI is InChI=1S/C14H13NOS/c16-7-6-14-15-13(9-17-14)12-5-4-10-2-1-3-11(10)8-12/h4-5,7-9H,1-3,6H2. The minimum atomic E-state index is 0.426. The third-order valence-electron chi connectivity index (χ3n) is 3.20. The first-order valence-electron chi connectivity index (χ1n) is 5.87. The molecule has 0 radical (unpaired) electrons. The number of fused-ring (bicyclic) bond motifs is 1. The predicted molar refractivity (Wildman–Crippen MR) is 69.3 cm³/mol. The van der Waals surface area contributed by atoms with Crippen LogP contribution in [0.3, 0.4) is 0 Å². The Morgan fingerprint density at radius 3 is 3.06 bits per heavy atom. The third-order valence-corrected chi connectivity index (χ3v) is 4.08. The van der Waals surface area contributed by atoms with Crippen LogP contribution in [0.25, 0.3) is 11.3 Å². The van der Waals surface area contributed by atoms with Crippen LogP contribution in [0.15, 0.2) is 23.6 Å². The first kappa shape index (κ1) is 10.7. The summed E-state index contributed by atoms with van der Waals surface area (Å²) in [5.74, 6) is 0. The summed E-state index contributed by atoms with van der Waals surface area (Å²) in [6.45, 7) is 0. The molecule has 0 aliphatic heterocycles. The summed E-state index contributed by atoms with van der Waals surface area (Å²) in [6, 6.07) is 6.61. The highest BCUT2D eigenvalue weighted by Gasteiger charge is 2.12. The Bertz CT molecular complexity index is 559. The Balaban J connectivity index is 1.94. The number of carbonyl (C=O) groups is 1. The molecular formula is C14H13NOS. The molecule has 1 aromatic carbocycles. The summed E-state index contributed by atoms with van der Waals surface area (Å²) in [7, 11) is 0. The van der Waals surface area contributed by atoms with Gasteiger partial charge in [0, 0.05) is 10.9 Å². The summed E-state index contributed by atoms with van der Waals surface area (Å²) < 4.78 is 0. The van der Waals surface area contributed by atoms with E-state index >= 15 is 0 Å². The van der Waals surface area contributed by atoms with Crippen LogP contribution in [-0.2, 0) is 24.1 Å². The molecule has 0 unspecified atom stereocenters. The number of carbonyl (C=O) groups excluding carboxylic acids is 1. The Morgan fingerprint density at radius 1 is 1.29 bits per heavy atom. The Kier molecular flexibility index (Phi) is 2.77. The first-order valence-corrected chi connectivity index (χ1v) is 6.75. The number of nitrogens with zero attached hydrogens (tertiary/aromatic N) is 1. The van der Waals surface area contributed by atoms with Crippen molar-refractivity contribution < 1.29 is 4.79 Å². The number of aryl methyl sites for hydroxylation is 2. The second kappa shape index (κ2) is 4.41. The minimum absolute atomic E-state index is 0.426. The molecule has 0 N–H and O–H groups in total. The van der Waals surface area contributed by atoms with Gasteiger partial charge in [0.05, 0.1) is 12.1 Å². The zero-order valence-electron chi connectivity index (χ0n) is 9.48. The first-order chi connectivity index (χ1) is 8.36. The molecule has 0 saturated heterocycles.